The van der Waals surface area contributed by atoms with Gasteiger partial charge in [0.2, 0.25) is 0 Å². The van der Waals surface area contributed by atoms with Crippen molar-refractivity contribution in [1.29, 1.82) is 0 Å². The number of aliphatic carboxylic acids is 1. The Morgan fingerprint density at radius 1 is 1.43 bits per heavy atom. The molecule has 0 spiro atoms. The first-order chi connectivity index (χ1) is 6.42. The van der Waals surface area contributed by atoms with E-state index in [1.54, 1.807) is 0 Å². The van der Waals surface area contributed by atoms with Crippen LogP contribution < -0.4 is 5.73 Å². The largest absolute Gasteiger partial charge is 0.508 e. The number of hydrogen-bond acceptors (Lipinski definition) is 3. The molecule has 0 aromatic heterocycles. The molecule has 1 aromatic rings. The van der Waals surface area contributed by atoms with Crippen LogP contribution >= 0.6 is 0 Å². The summed E-state index contributed by atoms with van der Waals surface area (Å²) in [4.78, 5) is 10.3. The van der Waals surface area contributed by atoms with Gasteiger partial charge in [-0.25, -0.2) is 9.18 Å². The number of phenols is 1. The third-order valence-electron chi connectivity index (χ3n) is 1.75. The van der Waals surface area contributed by atoms with Gasteiger partial charge in [-0.05, 0) is 17.7 Å². The van der Waals surface area contributed by atoms with Gasteiger partial charge in [0.05, 0.1) is 0 Å². The van der Waals surface area contributed by atoms with Crippen molar-refractivity contribution in [1.82, 2.24) is 0 Å². The molecule has 0 aliphatic heterocycles. The molecule has 0 saturated carbocycles. The molecule has 4 N–H and O–H groups in total. The van der Waals surface area contributed by atoms with Gasteiger partial charge in [-0.2, -0.15) is 0 Å². The van der Waals surface area contributed by atoms with Crippen molar-refractivity contribution in [3.63, 3.8) is 0 Å². The molecule has 5 heteroatoms. The van der Waals surface area contributed by atoms with Crippen LogP contribution in [0.5, 0.6) is 5.75 Å². The average molecular weight is 199 g/mol. The lowest BCUT2D eigenvalue weighted by Gasteiger charge is -2.14. The Morgan fingerprint density at radius 3 is 2.36 bits per heavy atom. The molecule has 76 valence electrons. The number of benzene rings is 1. The lowest BCUT2D eigenvalue weighted by molar-refractivity contribution is -0.150. The fourth-order valence-electron chi connectivity index (χ4n) is 0.986. The lowest BCUT2D eigenvalue weighted by atomic mass is 10.0. The summed E-state index contributed by atoms with van der Waals surface area (Å²) in [5.74, 6) is -4.44. The molecule has 14 heavy (non-hydrogen) atoms. The predicted molar refractivity (Wildman–Crippen MR) is 47.5 cm³/mol. The van der Waals surface area contributed by atoms with Gasteiger partial charge in [-0.3, -0.25) is 5.73 Å². The second kappa shape index (κ2) is 3.63. The van der Waals surface area contributed by atoms with Crippen LogP contribution in [0.15, 0.2) is 24.3 Å². The summed E-state index contributed by atoms with van der Waals surface area (Å²) in [6.45, 7) is 0. The summed E-state index contributed by atoms with van der Waals surface area (Å²) in [6.07, 6.45) is -0.428. The van der Waals surface area contributed by atoms with E-state index in [1.165, 1.54) is 24.3 Å². The molecule has 1 atom stereocenters. The molecule has 0 radical (unpaired) electrons. The summed E-state index contributed by atoms with van der Waals surface area (Å²) in [7, 11) is 0. The molecule has 4 nitrogen and oxygen atoms in total. The van der Waals surface area contributed by atoms with E-state index < -0.39 is 18.2 Å². The maximum atomic E-state index is 13.1. The number of phenolic OH excluding ortho intramolecular Hbond substituents is 1. The number of carbonyl (C=O) groups is 1. The van der Waals surface area contributed by atoms with E-state index in [2.05, 4.69) is 0 Å². The monoisotopic (exact) mass is 199 g/mol. The minimum Gasteiger partial charge on any atom is -0.508 e. The number of rotatable bonds is 3. The maximum absolute atomic E-state index is 13.1. The van der Waals surface area contributed by atoms with Gasteiger partial charge in [-0.15, -0.1) is 0 Å². The molecule has 1 rings (SSSR count). The number of halogens is 1. The minimum atomic E-state index is -2.77. The first-order valence-electron chi connectivity index (χ1n) is 3.91. The summed E-state index contributed by atoms with van der Waals surface area (Å²) < 4.78 is 13.1. The van der Waals surface area contributed by atoms with E-state index in [0.29, 0.717) is 5.56 Å². The molecule has 0 heterocycles. The number of carboxylic acid groups (broad SMARTS) is 1. The van der Waals surface area contributed by atoms with Gasteiger partial charge < -0.3 is 10.2 Å². The van der Waals surface area contributed by atoms with Crippen LogP contribution in [0.4, 0.5) is 4.39 Å². The van der Waals surface area contributed by atoms with E-state index in [1.807, 2.05) is 0 Å². The summed E-state index contributed by atoms with van der Waals surface area (Å²) in [5, 5.41) is 17.3. The van der Waals surface area contributed by atoms with E-state index in [4.69, 9.17) is 15.9 Å². The van der Waals surface area contributed by atoms with Crippen molar-refractivity contribution in [3.05, 3.63) is 29.8 Å². The first kappa shape index (κ1) is 10.5. The fourth-order valence-corrected chi connectivity index (χ4v) is 0.986. The Labute approximate surface area is 79.8 Å². The number of carboxylic acids is 1. The van der Waals surface area contributed by atoms with Crippen molar-refractivity contribution in [3.8, 4) is 5.75 Å². The number of aromatic hydroxyl groups is 1. The highest BCUT2D eigenvalue weighted by Gasteiger charge is 2.33. The molecule has 0 aliphatic rings. The second-order valence-electron chi connectivity index (χ2n) is 3.01. The van der Waals surface area contributed by atoms with Gasteiger partial charge in [0.1, 0.15) is 5.75 Å². The number of nitrogens with two attached hydrogens (primary N) is 1. The predicted octanol–water partition coefficient (Wildman–Crippen LogP) is 0.644. The van der Waals surface area contributed by atoms with Crippen molar-refractivity contribution in [2.45, 2.75) is 12.2 Å². The summed E-state index contributed by atoms with van der Waals surface area (Å²) in [5.41, 5.74) is 5.31. The van der Waals surface area contributed by atoms with Gasteiger partial charge in [0, 0.05) is 6.42 Å². The van der Waals surface area contributed by atoms with Crippen LogP contribution in [0.3, 0.4) is 0 Å². The van der Waals surface area contributed by atoms with Gasteiger partial charge in [0.25, 0.3) is 5.79 Å². The van der Waals surface area contributed by atoms with Gasteiger partial charge in [-0.1, -0.05) is 12.1 Å². The zero-order chi connectivity index (χ0) is 10.8. The molecule has 0 fully saturated rings. The van der Waals surface area contributed by atoms with Crippen molar-refractivity contribution in [2.75, 3.05) is 0 Å². The van der Waals surface area contributed by atoms with Crippen LogP contribution in [0, 0.1) is 0 Å². The zero-order valence-electron chi connectivity index (χ0n) is 7.27. The Balaban J connectivity index is 2.79. The topological polar surface area (TPSA) is 83.5 Å². The van der Waals surface area contributed by atoms with Crippen LogP contribution in [-0.4, -0.2) is 22.0 Å². The smallest absolute Gasteiger partial charge is 0.356 e. The quantitative estimate of drug-likeness (QED) is 0.624. The SMILES string of the molecule is NC(F)(Cc1ccc(O)cc1)C(=O)O. The highest BCUT2D eigenvalue weighted by atomic mass is 19.1. The molecule has 0 amide bonds. The number of alkyl halides is 1. The van der Waals surface area contributed by atoms with Crippen LogP contribution in [0.1, 0.15) is 5.56 Å². The highest BCUT2D eigenvalue weighted by molar-refractivity contribution is 5.76. The molecule has 1 aromatic carbocycles. The molecular weight excluding hydrogens is 189 g/mol. The molecule has 0 bridgehead atoms. The third-order valence-corrected chi connectivity index (χ3v) is 1.75. The molecule has 0 saturated heterocycles. The lowest BCUT2D eigenvalue weighted by Crippen LogP contribution is -2.45. The Hall–Kier alpha value is -1.62. The fraction of sp³-hybridized carbons (Fsp3) is 0.222. The summed E-state index contributed by atoms with van der Waals surface area (Å²) >= 11 is 0. The average Bonchev–Trinajstić information content (AvgIpc) is 2.08. The third kappa shape index (κ3) is 2.43. The van der Waals surface area contributed by atoms with Crippen molar-refractivity contribution in [2.24, 2.45) is 5.73 Å². The Bertz CT molecular complexity index is 334. The van der Waals surface area contributed by atoms with Crippen molar-refractivity contribution < 1.29 is 19.4 Å². The zero-order valence-corrected chi connectivity index (χ0v) is 7.27. The first-order valence-corrected chi connectivity index (χ1v) is 3.91. The van der Waals surface area contributed by atoms with Crippen LogP contribution in [-0.2, 0) is 11.2 Å². The molecule has 1 unspecified atom stereocenters. The molecule has 0 aliphatic carbocycles. The van der Waals surface area contributed by atoms with E-state index >= 15 is 0 Å². The maximum Gasteiger partial charge on any atom is 0.356 e. The number of hydrogen-bond donors (Lipinski definition) is 3. The van der Waals surface area contributed by atoms with Gasteiger partial charge in [0.15, 0.2) is 0 Å². The summed E-state index contributed by atoms with van der Waals surface area (Å²) in [6, 6.07) is 5.51. The Kier molecular flexibility index (Phi) is 2.71. The van der Waals surface area contributed by atoms with Crippen LogP contribution in [0.2, 0.25) is 0 Å². The molecular formula is C9H10FNO3. The highest BCUT2D eigenvalue weighted by Crippen LogP contribution is 2.16. The minimum absolute atomic E-state index is 0.0329. The second-order valence-corrected chi connectivity index (χ2v) is 3.01. The van der Waals surface area contributed by atoms with E-state index in [-0.39, 0.29) is 5.75 Å². The van der Waals surface area contributed by atoms with Gasteiger partial charge >= 0.3 is 5.97 Å². The van der Waals surface area contributed by atoms with E-state index in [9.17, 15) is 9.18 Å². The standard InChI is InChI=1S/C9H10FNO3/c10-9(11,8(13)14)5-6-1-3-7(12)4-2-6/h1-4,12H,5,11H2,(H,13,14). The normalized spacial score (nSPS) is 14.7. The Morgan fingerprint density at radius 2 is 1.93 bits per heavy atom. The van der Waals surface area contributed by atoms with Crippen LogP contribution in [0.25, 0.3) is 0 Å². The van der Waals surface area contributed by atoms with Crippen molar-refractivity contribution >= 4 is 5.97 Å². The van der Waals surface area contributed by atoms with E-state index in [0.717, 1.165) is 0 Å².